The minimum atomic E-state index is -0.582. The third-order valence-electron chi connectivity index (χ3n) is 3.82. The number of hydrogen-bond acceptors (Lipinski definition) is 4. The van der Waals surface area contributed by atoms with Gasteiger partial charge < -0.3 is 9.64 Å². The molecule has 0 amide bonds. The number of nitriles is 1. The lowest BCUT2D eigenvalue weighted by Crippen LogP contribution is -2.46. The minimum Gasteiger partial charge on any atom is -0.496 e. The maximum atomic E-state index is 9.52. The molecule has 0 aliphatic heterocycles. The summed E-state index contributed by atoms with van der Waals surface area (Å²) < 4.78 is 5.37. The van der Waals surface area contributed by atoms with Crippen LogP contribution in [0.5, 0.6) is 5.75 Å². The Morgan fingerprint density at radius 1 is 1.29 bits per heavy atom. The lowest BCUT2D eigenvalue weighted by atomic mass is 9.93. The zero-order chi connectivity index (χ0) is 15.7. The molecule has 0 saturated carbocycles. The van der Waals surface area contributed by atoms with E-state index in [1.807, 2.05) is 31.2 Å². The van der Waals surface area contributed by atoms with Crippen LogP contribution in [0.2, 0.25) is 0 Å². The van der Waals surface area contributed by atoms with Crippen LogP contribution < -0.4 is 10.1 Å². The summed E-state index contributed by atoms with van der Waals surface area (Å²) in [5.74, 6) is 0.838. The van der Waals surface area contributed by atoms with Crippen molar-refractivity contribution < 1.29 is 4.74 Å². The van der Waals surface area contributed by atoms with Crippen LogP contribution in [0.4, 0.5) is 0 Å². The second kappa shape index (κ2) is 8.66. The Kier molecular flexibility index (Phi) is 7.21. The first-order valence-corrected chi connectivity index (χ1v) is 7.59. The third kappa shape index (κ3) is 5.37. The summed E-state index contributed by atoms with van der Waals surface area (Å²) in [6, 6.07) is 10.3. The fourth-order valence-electron chi connectivity index (χ4n) is 2.40. The third-order valence-corrected chi connectivity index (χ3v) is 3.82. The predicted molar refractivity (Wildman–Crippen MR) is 86.5 cm³/mol. The van der Waals surface area contributed by atoms with E-state index in [0.717, 1.165) is 37.5 Å². The summed E-state index contributed by atoms with van der Waals surface area (Å²) in [4.78, 5) is 2.34. The van der Waals surface area contributed by atoms with Crippen LogP contribution in [0.15, 0.2) is 24.3 Å². The van der Waals surface area contributed by atoms with Crippen molar-refractivity contribution in [1.29, 1.82) is 5.26 Å². The van der Waals surface area contributed by atoms with E-state index in [0.29, 0.717) is 6.42 Å². The molecule has 21 heavy (non-hydrogen) atoms. The standard InChI is InChI=1S/C17H27N3O/c1-5-20(6-2)12-11-19-17(3,14-18)13-15-9-7-8-10-16(15)21-4/h7-10,19H,5-6,11-13H2,1-4H3. The van der Waals surface area contributed by atoms with Crippen LogP contribution in [-0.2, 0) is 6.42 Å². The highest BCUT2D eigenvalue weighted by molar-refractivity contribution is 5.35. The summed E-state index contributed by atoms with van der Waals surface area (Å²) in [6.45, 7) is 10.1. The molecule has 0 saturated heterocycles. The highest BCUT2D eigenvalue weighted by Gasteiger charge is 2.25. The Labute approximate surface area is 128 Å². The number of ether oxygens (including phenoxy) is 1. The second-order valence-electron chi connectivity index (χ2n) is 5.39. The number of methoxy groups -OCH3 is 1. The Balaban J connectivity index is 2.66. The number of nitrogens with one attached hydrogen (secondary N) is 1. The van der Waals surface area contributed by atoms with Crippen LogP contribution >= 0.6 is 0 Å². The molecule has 116 valence electrons. The summed E-state index contributed by atoms with van der Waals surface area (Å²) in [7, 11) is 1.66. The normalized spacial score (nSPS) is 13.7. The van der Waals surface area contributed by atoms with Gasteiger partial charge in [-0.1, -0.05) is 32.0 Å². The van der Waals surface area contributed by atoms with E-state index in [-0.39, 0.29) is 0 Å². The van der Waals surface area contributed by atoms with E-state index in [4.69, 9.17) is 4.74 Å². The summed E-state index contributed by atoms with van der Waals surface area (Å²) in [5, 5.41) is 12.9. The lowest BCUT2D eigenvalue weighted by Gasteiger charge is -2.26. The molecule has 0 bridgehead atoms. The average Bonchev–Trinajstić information content (AvgIpc) is 2.52. The van der Waals surface area contributed by atoms with Gasteiger partial charge in [0, 0.05) is 19.5 Å². The molecule has 1 unspecified atom stereocenters. The molecule has 0 heterocycles. The predicted octanol–water partition coefficient (Wildman–Crippen LogP) is 2.45. The molecule has 1 aromatic carbocycles. The van der Waals surface area contributed by atoms with Crippen LogP contribution in [0.3, 0.4) is 0 Å². The monoisotopic (exact) mass is 289 g/mol. The molecule has 4 heteroatoms. The summed E-state index contributed by atoms with van der Waals surface area (Å²) in [6.07, 6.45) is 0.631. The smallest absolute Gasteiger partial charge is 0.122 e. The molecular formula is C17H27N3O. The van der Waals surface area contributed by atoms with Gasteiger partial charge in [-0.3, -0.25) is 5.32 Å². The van der Waals surface area contributed by atoms with Crippen molar-refractivity contribution in [3.63, 3.8) is 0 Å². The maximum absolute atomic E-state index is 9.52. The average molecular weight is 289 g/mol. The van der Waals surface area contributed by atoms with Gasteiger partial charge in [-0.05, 0) is 31.6 Å². The van der Waals surface area contributed by atoms with Crippen LogP contribution in [0.1, 0.15) is 26.3 Å². The van der Waals surface area contributed by atoms with Crippen molar-refractivity contribution in [3.8, 4) is 11.8 Å². The van der Waals surface area contributed by atoms with Crippen LogP contribution in [-0.4, -0.2) is 43.7 Å². The van der Waals surface area contributed by atoms with Crippen molar-refractivity contribution in [2.45, 2.75) is 32.7 Å². The minimum absolute atomic E-state index is 0.582. The Hall–Kier alpha value is -1.57. The van der Waals surface area contributed by atoms with Gasteiger partial charge in [0.1, 0.15) is 11.3 Å². The topological polar surface area (TPSA) is 48.3 Å². The SMILES string of the molecule is CCN(CC)CCNC(C)(C#N)Cc1ccccc1OC. The van der Waals surface area contributed by atoms with Gasteiger partial charge in [0.2, 0.25) is 0 Å². The number of para-hydroxylation sites is 1. The molecule has 1 rings (SSSR count). The maximum Gasteiger partial charge on any atom is 0.122 e. The van der Waals surface area contributed by atoms with E-state index in [9.17, 15) is 5.26 Å². The number of benzene rings is 1. The molecule has 0 aromatic heterocycles. The molecular weight excluding hydrogens is 262 g/mol. The van der Waals surface area contributed by atoms with Gasteiger partial charge in [-0.15, -0.1) is 0 Å². The van der Waals surface area contributed by atoms with E-state index >= 15 is 0 Å². The Bertz CT molecular complexity index is 465. The first kappa shape index (κ1) is 17.5. The zero-order valence-electron chi connectivity index (χ0n) is 13.6. The highest BCUT2D eigenvalue weighted by atomic mass is 16.5. The van der Waals surface area contributed by atoms with Crippen molar-refractivity contribution in [2.24, 2.45) is 0 Å². The summed E-state index contributed by atoms with van der Waals surface area (Å²) >= 11 is 0. The number of likely N-dealkylation sites (N-methyl/N-ethyl adjacent to an activating group) is 1. The molecule has 0 radical (unpaired) electrons. The molecule has 4 nitrogen and oxygen atoms in total. The Morgan fingerprint density at radius 2 is 1.95 bits per heavy atom. The fraction of sp³-hybridized carbons (Fsp3) is 0.588. The van der Waals surface area contributed by atoms with Crippen molar-refractivity contribution >= 4 is 0 Å². The van der Waals surface area contributed by atoms with E-state index in [2.05, 4.69) is 30.1 Å². The molecule has 0 aliphatic carbocycles. The summed E-state index contributed by atoms with van der Waals surface area (Å²) in [5.41, 5.74) is 0.473. The molecule has 0 fully saturated rings. The van der Waals surface area contributed by atoms with Gasteiger partial charge >= 0.3 is 0 Å². The second-order valence-corrected chi connectivity index (χ2v) is 5.39. The van der Waals surface area contributed by atoms with Gasteiger partial charge in [0.05, 0.1) is 13.2 Å². The van der Waals surface area contributed by atoms with E-state index in [1.165, 1.54) is 0 Å². The largest absolute Gasteiger partial charge is 0.496 e. The first-order valence-electron chi connectivity index (χ1n) is 7.59. The van der Waals surface area contributed by atoms with Crippen molar-refractivity contribution in [2.75, 3.05) is 33.3 Å². The molecule has 1 N–H and O–H groups in total. The number of rotatable bonds is 9. The fourth-order valence-corrected chi connectivity index (χ4v) is 2.40. The first-order chi connectivity index (χ1) is 10.1. The highest BCUT2D eigenvalue weighted by Crippen LogP contribution is 2.22. The van der Waals surface area contributed by atoms with Gasteiger partial charge in [0.15, 0.2) is 0 Å². The number of nitrogens with zero attached hydrogens (tertiary/aromatic N) is 2. The van der Waals surface area contributed by atoms with Gasteiger partial charge in [-0.25, -0.2) is 0 Å². The van der Waals surface area contributed by atoms with Crippen molar-refractivity contribution in [3.05, 3.63) is 29.8 Å². The molecule has 0 aliphatic rings. The zero-order valence-corrected chi connectivity index (χ0v) is 13.6. The lowest BCUT2D eigenvalue weighted by molar-refractivity contribution is 0.288. The van der Waals surface area contributed by atoms with Crippen LogP contribution in [0, 0.1) is 11.3 Å². The van der Waals surface area contributed by atoms with E-state index < -0.39 is 5.54 Å². The van der Waals surface area contributed by atoms with Gasteiger partial charge in [-0.2, -0.15) is 5.26 Å². The number of hydrogen-bond donors (Lipinski definition) is 1. The van der Waals surface area contributed by atoms with Crippen molar-refractivity contribution in [1.82, 2.24) is 10.2 Å². The molecule has 1 aromatic rings. The molecule has 1 atom stereocenters. The Morgan fingerprint density at radius 3 is 2.52 bits per heavy atom. The van der Waals surface area contributed by atoms with Gasteiger partial charge in [0.25, 0.3) is 0 Å². The quantitative estimate of drug-likeness (QED) is 0.758. The van der Waals surface area contributed by atoms with Crippen LogP contribution in [0.25, 0.3) is 0 Å². The molecule has 0 spiro atoms. The van der Waals surface area contributed by atoms with E-state index in [1.54, 1.807) is 7.11 Å².